The Labute approximate surface area is 152 Å². The van der Waals surface area contributed by atoms with Gasteiger partial charge in [-0.1, -0.05) is 36.4 Å². The van der Waals surface area contributed by atoms with Gasteiger partial charge in [-0.25, -0.2) is 4.39 Å². The third-order valence-electron chi connectivity index (χ3n) is 4.24. The maximum Gasteiger partial charge on any atom is 0.323 e. The highest BCUT2D eigenvalue weighted by atomic mass is 19.1. The molecule has 3 aromatic carbocycles. The molecule has 134 valence electrons. The van der Waals surface area contributed by atoms with E-state index in [9.17, 15) is 19.3 Å². The van der Waals surface area contributed by atoms with Crippen LogP contribution in [0.4, 0.5) is 10.1 Å². The number of nitrogens with zero attached hydrogens (tertiary/aromatic N) is 1. The molecule has 1 aliphatic rings. The van der Waals surface area contributed by atoms with Crippen molar-refractivity contribution in [2.24, 2.45) is 0 Å². The van der Waals surface area contributed by atoms with Gasteiger partial charge in [0.15, 0.2) is 0 Å². The first-order chi connectivity index (χ1) is 13.0. The van der Waals surface area contributed by atoms with E-state index in [1.54, 1.807) is 48.5 Å². The summed E-state index contributed by atoms with van der Waals surface area (Å²) in [5.41, 5.74) is 0.652. The minimum atomic E-state index is -0.853. The van der Waals surface area contributed by atoms with Crippen molar-refractivity contribution < 1.29 is 23.6 Å². The smallest absolute Gasteiger partial charge is 0.323 e. The quantitative estimate of drug-likeness (QED) is 0.294. The van der Waals surface area contributed by atoms with Crippen LogP contribution in [-0.2, 0) is 4.79 Å². The van der Waals surface area contributed by atoms with E-state index >= 15 is 0 Å². The van der Waals surface area contributed by atoms with Crippen LogP contribution in [0.5, 0.6) is 17.2 Å². The lowest BCUT2D eigenvalue weighted by Crippen LogP contribution is -2.23. The summed E-state index contributed by atoms with van der Waals surface area (Å²) >= 11 is 0. The molecule has 7 heteroatoms. The molecule has 0 aromatic heterocycles. The maximum atomic E-state index is 13.5. The Balaban J connectivity index is 1.77. The fourth-order valence-corrected chi connectivity index (χ4v) is 3.05. The molecule has 1 aliphatic heterocycles. The summed E-state index contributed by atoms with van der Waals surface area (Å²) in [6.45, 7) is 0. The van der Waals surface area contributed by atoms with E-state index in [4.69, 9.17) is 9.47 Å². The minimum Gasteiger partial charge on any atom is -0.457 e. The van der Waals surface area contributed by atoms with Crippen LogP contribution in [0.2, 0.25) is 0 Å². The summed E-state index contributed by atoms with van der Waals surface area (Å²) in [5, 5.41) is 11.2. The summed E-state index contributed by atoms with van der Waals surface area (Å²) in [7, 11) is 0. The van der Waals surface area contributed by atoms with E-state index in [2.05, 4.69) is 0 Å². The first kappa shape index (κ1) is 16.7. The molecule has 0 fully saturated rings. The van der Waals surface area contributed by atoms with Gasteiger partial charge in [0.1, 0.15) is 23.2 Å². The molecule has 0 bridgehead atoms. The number of para-hydroxylation sites is 2. The summed E-state index contributed by atoms with van der Waals surface area (Å²) in [5.74, 6) is -1.80. The Morgan fingerprint density at radius 1 is 1.00 bits per heavy atom. The highest BCUT2D eigenvalue weighted by molar-refractivity contribution is 5.87. The fraction of sp³-hybridized carbons (Fsp3) is 0.0500. The molecule has 6 nitrogen and oxygen atoms in total. The number of carbonyl (C=O) groups excluding carboxylic acids is 1. The molecule has 3 aromatic rings. The second-order valence-electron chi connectivity index (χ2n) is 5.90. The van der Waals surface area contributed by atoms with Crippen molar-refractivity contribution >= 4 is 11.7 Å². The van der Waals surface area contributed by atoms with E-state index < -0.39 is 34.1 Å². The number of halogens is 1. The number of fused-ring (bicyclic) bond motifs is 2. The summed E-state index contributed by atoms with van der Waals surface area (Å²) in [4.78, 5) is 23.4. The largest absolute Gasteiger partial charge is 0.457 e. The molecule has 0 spiro atoms. The monoisotopic (exact) mass is 365 g/mol. The second kappa shape index (κ2) is 6.53. The molecule has 0 saturated carbocycles. The Bertz CT molecular complexity index is 1020. The zero-order chi connectivity index (χ0) is 19.0. The van der Waals surface area contributed by atoms with Crippen molar-refractivity contribution in [3.8, 4) is 17.2 Å². The number of benzene rings is 3. The SMILES string of the molecule is O=C(Oc1cc(F)ccc1[N+](=O)[O-])C1c2ccccc2Oc2ccccc21. The van der Waals surface area contributed by atoms with E-state index in [1.165, 1.54) is 0 Å². The van der Waals surface area contributed by atoms with E-state index in [-0.39, 0.29) is 0 Å². The summed E-state index contributed by atoms with van der Waals surface area (Å²) < 4.78 is 24.6. The van der Waals surface area contributed by atoms with Gasteiger partial charge in [0.25, 0.3) is 0 Å². The first-order valence-corrected chi connectivity index (χ1v) is 8.06. The van der Waals surface area contributed by atoms with Gasteiger partial charge in [-0.05, 0) is 18.2 Å². The van der Waals surface area contributed by atoms with Gasteiger partial charge in [0.05, 0.1) is 4.92 Å². The van der Waals surface area contributed by atoms with Crippen molar-refractivity contribution in [1.29, 1.82) is 0 Å². The van der Waals surface area contributed by atoms with Crippen molar-refractivity contribution in [3.05, 3.63) is 93.8 Å². The number of hydrogen-bond acceptors (Lipinski definition) is 5. The molecule has 0 radical (unpaired) electrons. The van der Waals surface area contributed by atoms with Gasteiger partial charge in [0.2, 0.25) is 5.75 Å². The molecule has 1 heterocycles. The summed E-state index contributed by atoms with van der Waals surface area (Å²) in [6.07, 6.45) is 0. The maximum absolute atomic E-state index is 13.5. The lowest BCUT2D eigenvalue weighted by atomic mass is 9.88. The van der Waals surface area contributed by atoms with Gasteiger partial charge in [-0.2, -0.15) is 0 Å². The number of carbonyl (C=O) groups is 1. The van der Waals surface area contributed by atoms with Crippen LogP contribution >= 0.6 is 0 Å². The first-order valence-electron chi connectivity index (χ1n) is 8.06. The lowest BCUT2D eigenvalue weighted by Gasteiger charge is -2.26. The number of hydrogen-bond donors (Lipinski definition) is 0. The van der Waals surface area contributed by atoms with Crippen LogP contribution in [0.3, 0.4) is 0 Å². The third-order valence-corrected chi connectivity index (χ3v) is 4.24. The minimum absolute atomic E-state index is 0.438. The molecule has 0 amide bonds. The highest BCUT2D eigenvalue weighted by Gasteiger charge is 2.35. The van der Waals surface area contributed by atoms with E-state index in [0.717, 1.165) is 18.2 Å². The van der Waals surface area contributed by atoms with Crippen LogP contribution in [0, 0.1) is 15.9 Å². The van der Waals surface area contributed by atoms with Gasteiger partial charge in [-0.3, -0.25) is 14.9 Å². The van der Waals surface area contributed by atoms with E-state index in [0.29, 0.717) is 22.6 Å². The topological polar surface area (TPSA) is 78.7 Å². The van der Waals surface area contributed by atoms with Crippen LogP contribution in [0.15, 0.2) is 66.7 Å². The molecule has 27 heavy (non-hydrogen) atoms. The highest BCUT2D eigenvalue weighted by Crippen LogP contribution is 2.44. The lowest BCUT2D eigenvalue weighted by molar-refractivity contribution is -0.385. The average molecular weight is 365 g/mol. The van der Waals surface area contributed by atoms with Crippen molar-refractivity contribution in [1.82, 2.24) is 0 Å². The molecule has 0 aliphatic carbocycles. The number of rotatable bonds is 3. The number of ether oxygens (including phenoxy) is 2. The summed E-state index contributed by atoms with van der Waals surface area (Å²) in [6, 6.07) is 16.6. The third kappa shape index (κ3) is 2.99. The number of nitro groups is 1. The fourth-order valence-electron chi connectivity index (χ4n) is 3.05. The zero-order valence-electron chi connectivity index (χ0n) is 13.8. The Morgan fingerprint density at radius 3 is 2.19 bits per heavy atom. The van der Waals surface area contributed by atoms with Gasteiger partial charge >= 0.3 is 11.7 Å². The van der Waals surface area contributed by atoms with Crippen LogP contribution in [-0.4, -0.2) is 10.9 Å². The molecule has 0 saturated heterocycles. The molecular weight excluding hydrogens is 353 g/mol. The predicted octanol–water partition coefficient (Wildman–Crippen LogP) is 4.58. The number of esters is 1. The molecule has 0 unspecified atom stereocenters. The van der Waals surface area contributed by atoms with Gasteiger partial charge in [-0.15, -0.1) is 0 Å². The second-order valence-corrected chi connectivity index (χ2v) is 5.90. The molecule has 4 rings (SSSR count). The number of nitro benzene ring substituents is 1. The Kier molecular flexibility index (Phi) is 4.04. The molecule has 0 atom stereocenters. The molecule has 0 N–H and O–H groups in total. The van der Waals surface area contributed by atoms with Crippen LogP contribution in [0.25, 0.3) is 0 Å². The average Bonchev–Trinajstić information content (AvgIpc) is 2.65. The van der Waals surface area contributed by atoms with Crippen molar-refractivity contribution in [3.63, 3.8) is 0 Å². The van der Waals surface area contributed by atoms with Gasteiger partial charge in [0, 0.05) is 23.3 Å². The van der Waals surface area contributed by atoms with Crippen LogP contribution < -0.4 is 9.47 Å². The standard InChI is InChI=1S/C20H12FNO5/c21-12-9-10-15(22(24)25)18(11-12)27-20(23)19-13-5-1-3-7-16(13)26-17-8-4-2-6-14(17)19/h1-11,19H. The predicted molar refractivity (Wildman–Crippen MR) is 93.5 cm³/mol. The van der Waals surface area contributed by atoms with E-state index in [1.807, 2.05) is 0 Å². The van der Waals surface area contributed by atoms with Crippen molar-refractivity contribution in [2.45, 2.75) is 5.92 Å². The molecular formula is C20H12FNO5. The normalized spacial score (nSPS) is 12.5. The zero-order valence-corrected chi connectivity index (χ0v) is 13.8. The van der Waals surface area contributed by atoms with Crippen LogP contribution in [0.1, 0.15) is 17.0 Å². The van der Waals surface area contributed by atoms with Gasteiger partial charge < -0.3 is 9.47 Å². The van der Waals surface area contributed by atoms with Crippen molar-refractivity contribution in [2.75, 3.05) is 0 Å². The Hall–Kier alpha value is -3.74. The Morgan fingerprint density at radius 2 is 1.59 bits per heavy atom.